The van der Waals surface area contributed by atoms with Gasteiger partial charge in [0.1, 0.15) is 11.8 Å². The number of nitrogens with zero attached hydrogens (tertiary/aromatic N) is 1. The average molecular weight is 312 g/mol. The second-order valence-electron chi connectivity index (χ2n) is 5.14. The van der Waals surface area contributed by atoms with Crippen LogP contribution in [0.25, 0.3) is 0 Å². The number of hydrogen-bond donors (Lipinski definition) is 1. The van der Waals surface area contributed by atoms with E-state index in [9.17, 15) is 9.59 Å². The number of aryl methyl sites for hydroxylation is 1. The molecule has 1 aliphatic rings. The van der Waals surface area contributed by atoms with Gasteiger partial charge in [0.15, 0.2) is 6.61 Å². The van der Waals surface area contributed by atoms with Crippen molar-refractivity contribution in [3.63, 3.8) is 0 Å². The van der Waals surface area contributed by atoms with Gasteiger partial charge in [0.25, 0.3) is 5.91 Å². The molecular formula is C15H18ClNO4. The number of carbonyl (C=O) groups excluding carboxylic acids is 1. The smallest absolute Gasteiger partial charge is 0.326 e. The van der Waals surface area contributed by atoms with Crippen LogP contribution in [-0.4, -0.2) is 41.1 Å². The van der Waals surface area contributed by atoms with E-state index < -0.39 is 12.0 Å². The Kier molecular flexibility index (Phi) is 5.07. The van der Waals surface area contributed by atoms with Crippen molar-refractivity contribution in [1.82, 2.24) is 4.90 Å². The van der Waals surface area contributed by atoms with Crippen molar-refractivity contribution in [2.45, 2.75) is 32.2 Å². The van der Waals surface area contributed by atoms with Gasteiger partial charge >= 0.3 is 5.97 Å². The molecule has 0 saturated carbocycles. The Hall–Kier alpha value is -1.75. The number of carboxylic acids is 1. The van der Waals surface area contributed by atoms with Gasteiger partial charge in [0.2, 0.25) is 0 Å². The third-order valence-electron chi connectivity index (χ3n) is 3.60. The van der Waals surface area contributed by atoms with Crippen molar-refractivity contribution < 1.29 is 19.4 Å². The van der Waals surface area contributed by atoms with E-state index in [1.165, 1.54) is 4.90 Å². The first kappa shape index (κ1) is 15.6. The highest BCUT2D eigenvalue weighted by Gasteiger charge is 2.31. The molecule has 1 fully saturated rings. The summed E-state index contributed by atoms with van der Waals surface area (Å²) < 4.78 is 5.44. The molecule has 114 valence electrons. The Morgan fingerprint density at radius 2 is 2.19 bits per heavy atom. The van der Waals surface area contributed by atoms with Gasteiger partial charge in [-0.1, -0.05) is 11.6 Å². The quantitative estimate of drug-likeness (QED) is 0.927. The molecule has 2 rings (SSSR count). The molecule has 0 radical (unpaired) electrons. The summed E-state index contributed by atoms with van der Waals surface area (Å²) in [4.78, 5) is 24.7. The Morgan fingerprint density at radius 3 is 2.86 bits per heavy atom. The highest BCUT2D eigenvalue weighted by Crippen LogP contribution is 2.22. The van der Waals surface area contributed by atoms with Crippen molar-refractivity contribution in [3.8, 4) is 5.75 Å². The molecule has 0 aromatic heterocycles. The first-order chi connectivity index (χ1) is 9.99. The summed E-state index contributed by atoms with van der Waals surface area (Å²) in [6.45, 7) is 2.16. The van der Waals surface area contributed by atoms with Crippen LogP contribution in [0.3, 0.4) is 0 Å². The van der Waals surface area contributed by atoms with Crippen LogP contribution in [0, 0.1) is 6.92 Å². The summed E-state index contributed by atoms with van der Waals surface area (Å²) in [5, 5.41) is 9.80. The number of halogens is 1. The Labute approximate surface area is 128 Å². The molecule has 21 heavy (non-hydrogen) atoms. The predicted octanol–water partition coefficient (Wildman–Crippen LogP) is 2.49. The number of carboxylic acid groups (broad SMARTS) is 1. The maximum Gasteiger partial charge on any atom is 0.326 e. The zero-order valence-electron chi connectivity index (χ0n) is 11.8. The average Bonchev–Trinajstić information content (AvgIpc) is 2.48. The monoisotopic (exact) mass is 311 g/mol. The van der Waals surface area contributed by atoms with E-state index in [0.717, 1.165) is 18.4 Å². The fourth-order valence-corrected chi connectivity index (χ4v) is 2.54. The number of likely N-dealkylation sites (tertiary alicyclic amines) is 1. The molecule has 5 nitrogen and oxygen atoms in total. The predicted molar refractivity (Wildman–Crippen MR) is 78.7 cm³/mol. The minimum atomic E-state index is -0.953. The zero-order valence-corrected chi connectivity index (χ0v) is 12.6. The van der Waals surface area contributed by atoms with Gasteiger partial charge in [-0.2, -0.15) is 0 Å². The molecule has 1 N–H and O–H groups in total. The lowest BCUT2D eigenvalue weighted by atomic mass is 10.0. The lowest BCUT2D eigenvalue weighted by molar-refractivity contribution is -0.152. The Morgan fingerprint density at radius 1 is 1.43 bits per heavy atom. The summed E-state index contributed by atoms with van der Waals surface area (Å²) >= 11 is 5.92. The van der Waals surface area contributed by atoms with Gasteiger partial charge < -0.3 is 14.7 Å². The number of ether oxygens (including phenoxy) is 1. The fourth-order valence-electron chi connectivity index (χ4n) is 2.42. The molecule has 1 amide bonds. The molecule has 1 aromatic rings. The maximum absolute atomic E-state index is 12.1. The summed E-state index contributed by atoms with van der Waals surface area (Å²) in [5.74, 6) is -0.700. The largest absolute Gasteiger partial charge is 0.484 e. The lowest BCUT2D eigenvalue weighted by Crippen LogP contribution is -2.49. The third kappa shape index (κ3) is 3.88. The Balaban J connectivity index is 1.96. The van der Waals surface area contributed by atoms with Crippen LogP contribution in [0.2, 0.25) is 5.02 Å². The summed E-state index contributed by atoms with van der Waals surface area (Å²) in [6, 6.07) is 4.41. The highest BCUT2D eigenvalue weighted by atomic mass is 35.5. The molecule has 1 atom stereocenters. The molecule has 1 aliphatic heterocycles. The van der Waals surface area contributed by atoms with Crippen LogP contribution in [-0.2, 0) is 9.59 Å². The lowest BCUT2D eigenvalue weighted by Gasteiger charge is -2.32. The van der Waals surface area contributed by atoms with Crippen LogP contribution in [0.5, 0.6) is 5.75 Å². The maximum atomic E-state index is 12.1. The first-order valence-electron chi connectivity index (χ1n) is 6.90. The van der Waals surface area contributed by atoms with E-state index in [1.54, 1.807) is 18.2 Å². The third-order valence-corrected chi connectivity index (χ3v) is 4.02. The van der Waals surface area contributed by atoms with E-state index in [2.05, 4.69) is 0 Å². The summed E-state index contributed by atoms with van der Waals surface area (Å²) in [5.41, 5.74) is 0.864. The van der Waals surface area contributed by atoms with Gasteiger partial charge in [-0.25, -0.2) is 4.79 Å². The molecular weight excluding hydrogens is 294 g/mol. The number of rotatable bonds is 4. The molecule has 1 unspecified atom stereocenters. The van der Waals surface area contributed by atoms with Gasteiger partial charge in [-0.15, -0.1) is 0 Å². The second-order valence-corrected chi connectivity index (χ2v) is 5.54. The number of benzene rings is 1. The molecule has 1 saturated heterocycles. The fraction of sp³-hybridized carbons (Fsp3) is 0.467. The van der Waals surface area contributed by atoms with Gasteiger partial charge in [0.05, 0.1) is 0 Å². The molecule has 0 bridgehead atoms. The summed E-state index contributed by atoms with van der Waals surface area (Å²) in [6.07, 6.45) is 2.16. The number of aliphatic carboxylic acids is 1. The minimum Gasteiger partial charge on any atom is -0.484 e. The van der Waals surface area contributed by atoms with E-state index in [-0.39, 0.29) is 12.5 Å². The molecule has 1 heterocycles. The number of amides is 1. The van der Waals surface area contributed by atoms with Crippen LogP contribution < -0.4 is 4.74 Å². The van der Waals surface area contributed by atoms with Gasteiger partial charge in [-0.3, -0.25) is 4.79 Å². The van der Waals surface area contributed by atoms with Crippen LogP contribution in [0.15, 0.2) is 18.2 Å². The topological polar surface area (TPSA) is 66.8 Å². The molecule has 0 aliphatic carbocycles. The van der Waals surface area contributed by atoms with Crippen molar-refractivity contribution in [2.24, 2.45) is 0 Å². The molecule has 6 heteroatoms. The van der Waals surface area contributed by atoms with E-state index in [4.69, 9.17) is 21.4 Å². The van der Waals surface area contributed by atoms with Crippen molar-refractivity contribution >= 4 is 23.5 Å². The number of hydrogen-bond acceptors (Lipinski definition) is 3. The van der Waals surface area contributed by atoms with E-state index in [1.807, 2.05) is 6.92 Å². The molecule has 0 spiro atoms. The van der Waals surface area contributed by atoms with Crippen molar-refractivity contribution in [2.75, 3.05) is 13.2 Å². The van der Waals surface area contributed by atoms with Crippen LogP contribution in [0.1, 0.15) is 24.8 Å². The van der Waals surface area contributed by atoms with E-state index >= 15 is 0 Å². The van der Waals surface area contributed by atoms with Crippen molar-refractivity contribution in [1.29, 1.82) is 0 Å². The van der Waals surface area contributed by atoms with Gasteiger partial charge in [-0.05, 0) is 49.9 Å². The second kappa shape index (κ2) is 6.80. The standard InChI is InChI=1S/C15H18ClNO4/c1-10-8-11(5-6-12(10)16)21-9-14(18)17-7-3-2-4-13(17)15(19)20/h5-6,8,13H,2-4,7,9H2,1H3,(H,19,20). The van der Waals surface area contributed by atoms with Crippen LogP contribution >= 0.6 is 11.6 Å². The first-order valence-corrected chi connectivity index (χ1v) is 7.28. The Bertz CT molecular complexity index is 546. The minimum absolute atomic E-state index is 0.162. The number of piperidine rings is 1. The van der Waals surface area contributed by atoms with Gasteiger partial charge in [0, 0.05) is 11.6 Å². The van der Waals surface area contributed by atoms with E-state index in [0.29, 0.717) is 23.7 Å². The molecule has 1 aromatic carbocycles. The normalized spacial score (nSPS) is 18.4. The zero-order chi connectivity index (χ0) is 15.4. The van der Waals surface area contributed by atoms with Crippen LogP contribution in [0.4, 0.5) is 0 Å². The SMILES string of the molecule is Cc1cc(OCC(=O)N2CCCCC2C(=O)O)ccc1Cl. The highest BCUT2D eigenvalue weighted by molar-refractivity contribution is 6.31. The van der Waals surface area contributed by atoms with Crippen molar-refractivity contribution in [3.05, 3.63) is 28.8 Å². The summed E-state index contributed by atoms with van der Waals surface area (Å²) in [7, 11) is 0. The number of carbonyl (C=O) groups is 2.